The number of allylic oxidation sites excluding steroid dienone is 12. The van der Waals surface area contributed by atoms with E-state index in [1.54, 1.807) is 0 Å². The van der Waals surface area contributed by atoms with Crippen LogP contribution in [0.5, 0.6) is 0 Å². The SMILES string of the molecule is C1=C[CH-]/C(=C\[CH-]c2cc3c(/C=C/c4ccccc4)cc2CC[C-]2C=C(/C=C\c4ccccc4)[C-](C=C2/C=C/c2ccccc2)CC3)C=C1.[Li+].[Li+].[Li+].[Li+]. The van der Waals surface area contributed by atoms with Gasteiger partial charge >= 0.3 is 75.4 Å². The van der Waals surface area contributed by atoms with Crippen molar-refractivity contribution in [2.75, 3.05) is 0 Å². The molecule has 0 saturated carbocycles. The fraction of sp³-hybridized carbons (Fsp3) is 0.0833. The Morgan fingerprint density at radius 2 is 1.04 bits per heavy atom. The predicted molar refractivity (Wildman–Crippen MR) is 206 cm³/mol. The maximum atomic E-state index is 2.45. The van der Waals surface area contributed by atoms with Gasteiger partial charge in [0.2, 0.25) is 0 Å². The Hall–Kier alpha value is -3.33. The Morgan fingerprint density at radius 1 is 0.538 bits per heavy atom. The summed E-state index contributed by atoms with van der Waals surface area (Å²) in [6.45, 7) is 0. The van der Waals surface area contributed by atoms with E-state index in [2.05, 4.69) is 195 Å². The minimum atomic E-state index is 0. The molecule has 6 aliphatic rings. The molecular weight excluding hydrogens is 604 g/mol. The van der Waals surface area contributed by atoms with Crippen molar-refractivity contribution in [1.82, 2.24) is 0 Å². The monoisotopic (exact) mass is 644 g/mol. The average Bonchev–Trinajstić information content (AvgIpc) is 3.14. The van der Waals surface area contributed by atoms with Crippen LogP contribution in [-0.4, -0.2) is 0 Å². The van der Waals surface area contributed by atoms with Gasteiger partial charge in [0.1, 0.15) is 0 Å². The van der Waals surface area contributed by atoms with Crippen LogP contribution in [0.3, 0.4) is 0 Å². The molecule has 0 radical (unpaired) electrons. The molecule has 52 heavy (non-hydrogen) atoms. The van der Waals surface area contributed by atoms with Gasteiger partial charge < -0.3 is 0 Å². The molecule has 4 bridgehead atoms. The molecule has 236 valence electrons. The van der Waals surface area contributed by atoms with E-state index in [1.165, 1.54) is 67.5 Å². The Kier molecular flexibility index (Phi) is 18.2. The molecule has 10 rings (SSSR count). The minimum absolute atomic E-state index is 0. The molecule has 0 aliphatic heterocycles. The largest absolute Gasteiger partial charge is 1.00 e. The van der Waals surface area contributed by atoms with Crippen LogP contribution in [0.15, 0.2) is 175 Å². The van der Waals surface area contributed by atoms with E-state index in [4.69, 9.17) is 0 Å². The quantitative estimate of drug-likeness (QED) is 0.144. The molecular formula is C48H40Li4. The molecule has 0 amide bonds. The van der Waals surface area contributed by atoms with Gasteiger partial charge in [0, 0.05) is 0 Å². The maximum absolute atomic E-state index is 2.45. The van der Waals surface area contributed by atoms with Crippen LogP contribution in [0.1, 0.15) is 51.8 Å². The first-order valence-corrected chi connectivity index (χ1v) is 17.0. The van der Waals surface area contributed by atoms with Gasteiger partial charge in [-0.1, -0.05) is 134 Å². The van der Waals surface area contributed by atoms with Gasteiger partial charge in [-0.05, 0) is 28.7 Å². The first-order chi connectivity index (χ1) is 23.8. The molecule has 0 saturated heterocycles. The Labute approximate surface area is 360 Å². The van der Waals surface area contributed by atoms with E-state index in [9.17, 15) is 0 Å². The fourth-order valence-electron chi connectivity index (χ4n) is 6.48. The summed E-state index contributed by atoms with van der Waals surface area (Å²) in [4.78, 5) is 0. The molecule has 0 atom stereocenters. The summed E-state index contributed by atoms with van der Waals surface area (Å²) in [5, 5.41) is 0. The summed E-state index contributed by atoms with van der Waals surface area (Å²) in [6.07, 6.45) is 37.6. The van der Waals surface area contributed by atoms with Gasteiger partial charge in [0.15, 0.2) is 0 Å². The Bertz CT molecular complexity index is 1960. The van der Waals surface area contributed by atoms with Crippen molar-refractivity contribution in [2.45, 2.75) is 25.7 Å². The van der Waals surface area contributed by atoms with Crippen LogP contribution in [0.4, 0.5) is 0 Å². The molecule has 6 aliphatic carbocycles. The number of rotatable bonds is 8. The van der Waals surface area contributed by atoms with Crippen molar-refractivity contribution < 1.29 is 75.4 Å². The molecule has 0 nitrogen and oxygen atoms in total. The van der Waals surface area contributed by atoms with Crippen LogP contribution in [0.2, 0.25) is 0 Å². The van der Waals surface area contributed by atoms with Crippen LogP contribution >= 0.6 is 0 Å². The molecule has 0 spiro atoms. The summed E-state index contributed by atoms with van der Waals surface area (Å²) >= 11 is 0. The number of hydrogen-bond acceptors (Lipinski definition) is 0. The molecule has 4 aromatic rings. The summed E-state index contributed by atoms with van der Waals surface area (Å²) in [5.41, 5.74) is 12.9. The van der Waals surface area contributed by atoms with E-state index in [-0.39, 0.29) is 75.4 Å². The van der Waals surface area contributed by atoms with E-state index in [0.29, 0.717) is 0 Å². The number of hydrogen-bond donors (Lipinski definition) is 0. The van der Waals surface area contributed by atoms with Crippen LogP contribution in [-0.2, 0) is 12.8 Å². The normalized spacial score (nSPS) is 15.5. The first kappa shape index (κ1) is 43.1. The molecule has 0 fully saturated rings. The van der Waals surface area contributed by atoms with Crippen molar-refractivity contribution >= 4 is 24.3 Å². The zero-order valence-corrected chi connectivity index (χ0v) is 31.3. The molecule has 0 unspecified atom stereocenters. The Morgan fingerprint density at radius 3 is 1.54 bits per heavy atom. The van der Waals surface area contributed by atoms with E-state index in [1.807, 2.05) is 0 Å². The van der Waals surface area contributed by atoms with Crippen molar-refractivity contribution in [3.63, 3.8) is 0 Å². The first-order valence-electron chi connectivity index (χ1n) is 17.0. The number of benzene rings is 4. The van der Waals surface area contributed by atoms with Gasteiger partial charge in [-0.3, -0.25) is 0 Å². The second-order valence-electron chi connectivity index (χ2n) is 12.5. The van der Waals surface area contributed by atoms with Crippen molar-refractivity contribution in [1.29, 1.82) is 0 Å². The van der Waals surface area contributed by atoms with Crippen LogP contribution in [0.25, 0.3) is 24.3 Å². The molecule has 0 heterocycles. The molecule has 4 aromatic carbocycles. The minimum Gasteiger partial charge on any atom is -0.227 e. The van der Waals surface area contributed by atoms with E-state index < -0.39 is 0 Å². The van der Waals surface area contributed by atoms with Gasteiger partial charge in [-0.25, -0.2) is 46.8 Å². The molecule has 0 N–H and O–H groups in total. The third-order valence-corrected chi connectivity index (χ3v) is 9.15. The van der Waals surface area contributed by atoms with Crippen molar-refractivity contribution in [3.8, 4) is 0 Å². The molecule has 4 heteroatoms. The van der Waals surface area contributed by atoms with Crippen molar-refractivity contribution in [2.24, 2.45) is 0 Å². The Balaban J connectivity index is 0.00000182. The topological polar surface area (TPSA) is 0 Å². The summed E-state index contributed by atoms with van der Waals surface area (Å²) < 4.78 is 0. The average molecular weight is 645 g/mol. The third kappa shape index (κ3) is 11.8. The zero-order valence-electron chi connectivity index (χ0n) is 31.3. The summed E-state index contributed by atoms with van der Waals surface area (Å²) in [7, 11) is 0. The van der Waals surface area contributed by atoms with Crippen molar-refractivity contribution in [3.05, 3.63) is 238 Å². The van der Waals surface area contributed by atoms with Gasteiger partial charge in [0.05, 0.1) is 0 Å². The maximum Gasteiger partial charge on any atom is 1.00 e. The number of aryl methyl sites for hydroxylation is 2. The standard InChI is InChI=1S/C48H40.4Li/c1-5-13-37(14-6-1)21-25-41-33-46-31-32-48-36-43(27-23-39-17-9-3-10-18-39)47(35-44(48)28-24-40-19-11-4-12-20-40)30-29-45(41)34-42(46)26-22-38-15-7-2-8-16-38;;;;/h1-28,33-36H,29-32H2;;;;/q-4;4*+1/b25-21-,26-22+,27-23+;;;;. The zero-order chi connectivity index (χ0) is 32.4. The second-order valence-corrected chi connectivity index (χ2v) is 12.5. The second kappa shape index (κ2) is 22.0. The molecule has 0 aromatic heterocycles. The third-order valence-electron chi connectivity index (χ3n) is 9.15. The smallest absolute Gasteiger partial charge is 0.227 e. The fourth-order valence-corrected chi connectivity index (χ4v) is 6.48. The van der Waals surface area contributed by atoms with E-state index in [0.717, 1.165) is 25.7 Å². The summed E-state index contributed by atoms with van der Waals surface area (Å²) in [5.74, 6) is 2.75. The van der Waals surface area contributed by atoms with Gasteiger partial charge in [-0.2, -0.15) is 48.8 Å². The predicted octanol–water partition coefficient (Wildman–Crippen LogP) is 0.00306. The van der Waals surface area contributed by atoms with Crippen LogP contribution in [0, 0.1) is 24.7 Å². The van der Waals surface area contributed by atoms with E-state index >= 15 is 0 Å². The van der Waals surface area contributed by atoms with Gasteiger partial charge in [-0.15, -0.1) is 29.9 Å². The van der Waals surface area contributed by atoms with Crippen LogP contribution < -0.4 is 75.4 Å². The van der Waals surface area contributed by atoms with Gasteiger partial charge in [0.25, 0.3) is 0 Å². The summed E-state index contributed by atoms with van der Waals surface area (Å²) in [6, 6.07) is 36.8.